The van der Waals surface area contributed by atoms with Gasteiger partial charge in [-0.25, -0.2) is 4.39 Å². The zero-order chi connectivity index (χ0) is 25.9. The number of carbonyl (C=O) groups excluding carboxylic acids is 3. The number of imide groups is 1. The molecule has 0 aromatic heterocycles. The third-order valence-corrected chi connectivity index (χ3v) is 7.43. The van der Waals surface area contributed by atoms with Gasteiger partial charge in [0, 0.05) is 38.0 Å². The lowest BCUT2D eigenvalue weighted by Gasteiger charge is -2.33. The van der Waals surface area contributed by atoms with Crippen molar-refractivity contribution in [3.63, 3.8) is 0 Å². The van der Waals surface area contributed by atoms with Gasteiger partial charge in [0.1, 0.15) is 5.82 Å². The molecular formula is C28H33FN2O5. The van der Waals surface area contributed by atoms with Gasteiger partial charge in [-0.1, -0.05) is 43.5 Å². The third-order valence-electron chi connectivity index (χ3n) is 7.43. The van der Waals surface area contributed by atoms with Crippen LogP contribution in [-0.2, 0) is 26.3 Å². The van der Waals surface area contributed by atoms with E-state index in [1.807, 2.05) is 6.07 Å². The van der Waals surface area contributed by atoms with Crippen molar-refractivity contribution in [2.75, 3.05) is 21.3 Å². The Kier molecular flexibility index (Phi) is 7.62. The van der Waals surface area contributed by atoms with Crippen LogP contribution in [0.15, 0.2) is 42.5 Å². The van der Waals surface area contributed by atoms with E-state index < -0.39 is 17.1 Å². The minimum absolute atomic E-state index is 0.106. The molecule has 2 aromatic rings. The van der Waals surface area contributed by atoms with Crippen LogP contribution >= 0.6 is 0 Å². The molecule has 7 nitrogen and oxygen atoms in total. The molecule has 1 heterocycles. The quantitative estimate of drug-likeness (QED) is 0.512. The van der Waals surface area contributed by atoms with E-state index in [9.17, 15) is 14.4 Å². The zero-order valence-corrected chi connectivity index (χ0v) is 21.1. The summed E-state index contributed by atoms with van der Waals surface area (Å²) >= 11 is 0. The zero-order valence-electron chi connectivity index (χ0n) is 21.1. The SMILES string of the molecule is COc1ccc(CN(C)C(=O)CC2(c3ccccc3F)CC(=O)N(C3CCCCC3)C2=O)cc1OC. The second-order valence-corrected chi connectivity index (χ2v) is 9.72. The normalized spacial score (nSPS) is 20.5. The molecule has 8 heteroatoms. The smallest absolute Gasteiger partial charge is 0.241 e. The number of likely N-dealkylation sites (tertiary alicyclic amines) is 1. The fourth-order valence-corrected chi connectivity index (χ4v) is 5.50. The summed E-state index contributed by atoms with van der Waals surface area (Å²) in [6.07, 6.45) is 3.97. The van der Waals surface area contributed by atoms with Gasteiger partial charge >= 0.3 is 0 Å². The molecule has 0 radical (unpaired) electrons. The summed E-state index contributed by atoms with van der Waals surface area (Å²) in [5, 5.41) is 0. The summed E-state index contributed by atoms with van der Waals surface area (Å²) < 4.78 is 25.7. The minimum atomic E-state index is -1.55. The Bertz CT molecular complexity index is 1150. The molecule has 2 fully saturated rings. The molecule has 0 bridgehead atoms. The molecule has 192 valence electrons. The lowest BCUT2D eigenvalue weighted by atomic mass is 9.75. The van der Waals surface area contributed by atoms with Crippen LogP contribution in [0.1, 0.15) is 56.1 Å². The van der Waals surface area contributed by atoms with Gasteiger partial charge in [-0.3, -0.25) is 19.3 Å². The number of carbonyl (C=O) groups is 3. The first kappa shape index (κ1) is 25.7. The molecule has 1 unspecified atom stereocenters. The summed E-state index contributed by atoms with van der Waals surface area (Å²) in [6, 6.07) is 11.2. The maximum absolute atomic E-state index is 15.1. The summed E-state index contributed by atoms with van der Waals surface area (Å²) in [6.45, 7) is 0.251. The molecule has 2 aliphatic rings. The van der Waals surface area contributed by atoms with E-state index in [4.69, 9.17) is 9.47 Å². The number of amides is 3. The molecule has 4 rings (SSSR count). The first-order valence-corrected chi connectivity index (χ1v) is 12.4. The van der Waals surface area contributed by atoms with Gasteiger partial charge < -0.3 is 14.4 Å². The molecule has 36 heavy (non-hydrogen) atoms. The Labute approximate surface area is 211 Å². The minimum Gasteiger partial charge on any atom is -0.493 e. The van der Waals surface area contributed by atoms with Crippen LogP contribution in [0.25, 0.3) is 0 Å². The van der Waals surface area contributed by atoms with E-state index in [-0.39, 0.29) is 42.8 Å². The first-order chi connectivity index (χ1) is 17.3. The van der Waals surface area contributed by atoms with E-state index in [1.165, 1.54) is 35.1 Å². The van der Waals surface area contributed by atoms with Crippen molar-refractivity contribution in [3.8, 4) is 11.5 Å². The third kappa shape index (κ3) is 4.81. The van der Waals surface area contributed by atoms with Gasteiger partial charge in [-0.05, 0) is 36.6 Å². The predicted molar refractivity (Wildman–Crippen MR) is 132 cm³/mol. The highest BCUT2D eigenvalue weighted by Crippen LogP contribution is 2.43. The van der Waals surface area contributed by atoms with Gasteiger partial charge in [0.25, 0.3) is 0 Å². The molecule has 0 spiro atoms. The van der Waals surface area contributed by atoms with Crippen molar-refractivity contribution in [2.24, 2.45) is 0 Å². The van der Waals surface area contributed by atoms with Crippen molar-refractivity contribution in [3.05, 3.63) is 59.4 Å². The molecule has 1 aliphatic carbocycles. The highest BCUT2D eigenvalue weighted by molar-refractivity contribution is 6.11. The molecule has 1 aliphatic heterocycles. The van der Waals surface area contributed by atoms with Crippen molar-refractivity contribution >= 4 is 17.7 Å². The van der Waals surface area contributed by atoms with Crippen molar-refractivity contribution in [1.82, 2.24) is 9.80 Å². The van der Waals surface area contributed by atoms with Crippen molar-refractivity contribution < 1.29 is 28.2 Å². The van der Waals surface area contributed by atoms with Crippen molar-refractivity contribution in [2.45, 2.75) is 62.9 Å². The van der Waals surface area contributed by atoms with Crippen molar-refractivity contribution in [1.29, 1.82) is 0 Å². The van der Waals surface area contributed by atoms with E-state index >= 15 is 4.39 Å². The maximum Gasteiger partial charge on any atom is 0.241 e. The Morgan fingerprint density at radius 2 is 1.75 bits per heavy atom. The number of ether oxygens (including phenoxy) is 2. The summed E-state index contributed by atoms with van der Waals surface area (Å²) in [4.78, 5) is 43.4. The van der Waals surface area contributed by atoms with Crippen LogP contribution in [0.2, 0.25) is 0 Å². The van der Waals surface area contributed by atoms with E-state index in [0.29, 0.717) is 11.5 Å². The lowest BCUT2D eigenvalue weighted by Crippen LogP contribution is -2.47. The Hall–Kier alpha value is -3.42. The number of hydrogen-bond acceptors (Lipinski definition) is 5. The van der Waals surface area contributed by atoms with Crippen LogP contribution in [0.5, 0.6) is 11.5 Å². The molecule has 1 saturated carbocycles. The lowest BCUT2D eigenvalue weighted by molar-refractivity contribution is -0.145. The van der Waals surface area contributed by atoms with Crippen LogP contribution < -0.4 is 9.47 Å². The second-order valence-electron chi connectivity index (χ2n) is 9.72. The number of rotatable bonds is 8. The number of hydrogen-bond donors (Lipinski definition) is 0. The van der Waals surface area contributed by atoms with Crippen LogP contribution in [-0.4, -0.2) is 54.8 Å². The fourth-order valence-electron chi connectivity index (χ4n) is 5.50. The Balaban J connectivity index is 1.62. The maximum atomic E-state index is 15.1. The van der Waals surface area contributed by atoms with Gasteiger partial charge in [0.05, 0.1) is 19.6 Å². The topological polar surface area (TPSA) is 76.2 Å². The highest BCUT2D eigenvalue weighted by Gasteiger charge is 2.56. The standard InChI is InChI=1S/C28H33FN2O5/c1-30(18-19-13-14-23(35-2)24(15-19)36-3)25(32)16-28(21-11-7-8-12-22(21)29)17-26(33)31(27(28)34)20-9-5-4-6-10-20/h7-8,11-15,20H,4-6,9-10,16-18H2,1-3H3. The molecule has 2 aromatic carbocycles. The number of benzene rings is 2. The number of halogens is 1. The van der Waals surface area contributed by atoms with Crippen LogP contribution in [0.3, 0.4) is 0 Å². The van der Waals surface area contributed by atoms with E-state index in [2.05, 4.69) is 0 Å². The number of methoxy groups -OCH3 is 2. The van der Waals surface area contributed by atoms with Gasteiger partial charge in [0.15, 0.2) is 11.5 Å². The Morgan fingerprint density at radius 1 is 1.06 bits per heavy atom. The summed E-state index contributed by atoms with van der Waals surface area (Å²) in [5.41, 5.74) is -0.640. The predicted octanol–water partition coefficient (Wildman–Crippen LogP) is 4.22. The fraction of sp³-hybridized carbons (Fsp3) is 0.464. The van der Waals surface area contributed by atoms with Gasteiger partial charge in [-0.15, -0.1) is 0 Å². The monoisotopic (exact) mass is 496 g/mol. The van der Waals surface area contributed by atoms with Gasteiger partial charge in [-0.2, -0.15) is 0 Å². The van der Waals surface area contributed by atoms with E-state index in [0.717, 1.165) is 37.7 Å². The van der Waals surface area contributed by atoms with E-state index in [1.54, 1.807) is 32.4 Å². The summed E-state index contributed by atoms with van der Waals surface area (Å²) in [7, 11) is 4.72. The van der Waals surface area contributed by atoms with Crippen LogP contribution in [0, 0.1) is 5.82 Å². The first-order valence-electron chi connectivity index (χ1n) is 12.4. The second kappa shape index (κ2) is 10.7. The average Bonchev–Trinajstić information content (AvgIpc) is 3.13. The molecule has 0 N–H and O–H groups in total. The highest BCUT2D eigenvalue weighted by atomic mass is 19.1. The van der Waals surface area contributed by atoms with Gasteiger partial charge in [0.2, 0.25) is 17.7 Å². The number of nitrogens with zero attached hydrogens (tertiary/aromatic N) is 2. The average molecular weight is 497 g/mol. The largest absolute Gasteiger partial charge is 0.493 e. The summed E-state index contributed by atoms with van der Waals surface area (Å²) in [5.74, 6) is -0.605. The van der Waals surface area contributed by atoms with Crippen LogP contribution in [0.4, 0.5) is 4.39 Å². The molecular weight excluding hydrogens is 463 g/mol. The molecule has 1 atom stereocenters. The molecule has 1 saturated heterocycles. The molecule has 3 amide bonds. The Morgan fingerprint density at radius 3 is 2.42 bits per heavy atom.